The number of pyridine rings is 1. The first kappa shape index (κ1) is 16.3. The molecule has 0 saturated heterocycles. The molecular formula is C17H14N6O2S. The van der Waals surface area contributed by atoms with Gasteiger partial charge in [0.05, 0.1) is 12.8 Å². The lowest BCUT2D eigenvalue weighted by atomic mass is 10.3. The summed E-state index contributed by atoms with van der Waals surface area (Å²) in [5.74, 6) is 1.14. The minimum atomic E-state index is -0.115. The first-order valence-corrected chi connectivity index (χ1v) is 8.77. The Hall–Kier alpha value is -3.20. The van der Waals surface area contributed by atoms with Crippen molar-refractivity contribution in [2.45, 2.75) is 10.9 Å². The number of para-hydroxylation sites is 2. The first-order chi connectivity index (χ1) is 12.8. The van der Waals surface area contributed by atoms with E-state index in [9.17, 15) is 4.79 Å². The Morgan fingerprint density at radius 3 is 2.88 bits per heavy atom. The van der Waals surface area contributed by atoms with Crippen molar-refractivity contribution in [1.82, 2.24) is 29.6 Å². The summed E-state index contributed by atoms with van der Waals surface area (Å²) < 4.78 is 8.48. The summed E-state index contributed by atoms with van der Waals surface area (Å²) in [7, 11) is 1.60. The molecule has 0 aliphatic heterocycles. The number of benzene rings is 1. The van der Waals surface area contributed by atoms with E-state index in [1.807, 2.05) is 30.3 Å². The van der Waals surface area contributed by atoms with E-state index in [-0.39, 0.29) is 5.56 Å². The number of nitrogens with zero attached hydrogens (tertiary/aromatic N) is 6. The number of fused-ring (bicyclic) bond motifs is 1. The number of tetrazole rings is 1. The van der Waals surface area contributed by atoms with Gasteiger partial charge in [0.1, 0.15) is 17.1 Å². The fourth-order valence-electron chi connectivity index (χ4n) is 2.54. The van der Waals surface area contributed by atoms with Gasteiger partial charge >= 0.3 is 0 Å². The Morgan fingerprint density at radius 2 is 2.00 bits per heavy atom. The van der Waals surface area contributed by atoms with Crippen molar-refractivity contribution in [3.63, 3.8) is 0 Å². The monoisotopic (exact) mass is 366 g/mol. The molecule has 4 aromatic rings. The van der Waals surface area contributed by atoms with Crippen molar-refractivity contribution in [2.75, 3.05) is 7.11 Å². The van der Waals surface area contributed by atoms with Crippen LogP contribution in [-0.2, 0) is 5.75 Å². The fourth-order valence-corrected chi connectivity index (χ4v) is 3.32. The lowest BCUT2D eigenvalue weighted by Crippen LogP contribution is -2.14. The molecule has 0 N–H and O–H groups in total. The summed E-state index contributed by atoms with van der Waals surface area (Å²) >= 11 is 1.40. The molecule has 4 rings (SSSR count). The molecule has 0 unspecified atom stereocenters. The van der Waals surface area contributed by atoms with E-state index in [4.69, 9.17) is 4.74 Å². The second-order valence-corrected chi connectivity index (χ2v) is 6.29. The molecule has 1 aromatic carbocycles. The average molecular weight is 366 g/mol. The highest BCUT2D eigenvalue weighted by Gasteiger charge is 2.13. The van der Waals surface area contributed by atoms with Crippen LogP contribution >= 0.6 is 11.8 Å². The zero-order valence-electron chi connectivity index (χ0n) is 13.8. The molecule has 0 spiro atoms. The number of thioether (sulfide) groups is 1. The number of hydrogen-bond acceptors (Lipinski definition) is 7. The molecule has 0 radical (unpaired) electrons. The Kier molecular flexibility index (Phi) is 4.36. The third kappa shape index (κ3) is 3.04. The molecule has 0 aliphatic carbocycles. The largest absolute Gasteiger partial charge is 0.494 e. The van der Waals surface area contributed by atoms with Crippen LogP contribution in [0.4, 0.5) is 0 Å². The van der Waals surface area contributed by atoms with E-state index >= 15 is 0 Å². The molecule has 0 fully saturated rings. The van der Waals surface area contributed by atoms with Gasteiger partial charge in [-0.3, -0.25) is 9.20 Å². The van der Waals surface area contributed by atoms with Gasteiger partial charge in [0.25, 0.3) is 5.56 Å². The fraction of sp³-hybridized carbons (Fsp3) is 0.118. The Balaban J connectivity index is 1.62. The van der Waals surface area contributed by atoms with E-state index in [0.717, 1.165) is 5.69 Å². The molecule has 0 amide bonds. The Morgan fingerprint density at radius 1 is 1.15 bits per heavy atom. The quantitative estimate of drug-likeness (QED) is 0.499. The maximum atomic E-state index is 12.2. The minimum Gasteiger partial charge on any atom is -0.494 e. The highest BCUT2D eigenvalue weighted by atomic mass is 32.2. The summed E-state index contributed by atoms with van der Waals surface area (Å²) in [6.07, 6.45) is 1.70. The maximum absolute atomic E-state index is 12.2. The smallest absolute Gasteiger partial charge is 0.258 e. The van der Waals surface area contributed by atoms with Crippen molar-refractivity contribution in [1.29, 1.82) is 0 Å². The molecule has 3 aromatic heterocycles. The van der Waals surface area contributed by atoms with Crippen LogP contribution in [0.3, 0.4) is 0 Å². The Labute approximate surface area is 152 Å². The molecule has 8 nitrogen and oxygen atoms in total. The van der Waals surface area contributed by atoms with Crippen LogP contribution in [0.15, 0.2) is 64.7 Å². The van der Waals surface area contributed by atoms with E-state index in [1.54, 1.807) is 30.1 Å². The van der Waals surface area contributed by atoms with E-state index in [2.05, 4.69) is 20.5 Å². The van der Waals surface area contributed by atoms with Crippen LogP contribution in [0.5, 0.6) is 5.75 Å². The average Bonchev–Trinajstić information content (AvgIpc) is 3.15. The molecule has 0 aliphatic rings. The third-order valence-electron chi connectivity index (χ3n) is 3.73. The summed E-state index contributed by atoms with van der Waals surface area (Å²) in [4.78, 5) is 16.7. The molecule has 130 valence electrons. The van der Waals surface area contributed by atoms with Crippen molar-refractivity contribution in [3.05, 3.63) is 70.8 Å². The summed E-state index contributed by atoms with van der Waals surface area (Å²) in [6, 6.07) is 14.5. The molecule has 0 saturated carbocycles. The van der Waals surface area contributed by atoms with Crippen molar-refractivity contribution >= 4 is 17.4 Å². The standard InChI is InChI=1S/C17H14N6O2S/c1-25-14-7-3-2-6-13(14)23-17(19-20-21-23)26-11-12-10-16(24)22-9-5-4-8-15(22)18-12/h2-10H,11H2,1H3. The molecule has 9 heteroatoms. The topological polar surface area (TPSA) is 87.2 Å². The van der Waals surface area contributed by atoms with Crippen molar-refractivity contribution in [3.8, 4) is 11.4 Å². The van der Waals surface area contributed by atoms with Crippen molar-refractivity contribution in [2.24, 2.45) is 0 Å². The van der Waals surface area contributed by atoms with E-state index in [1.165, 1.54) is 22.2 Å². The summed E-state index contributed by atoms with van der Waals surface area (Å²) in [5.41, 5.74) is 1.91. The lowest BCUT2D eigenvalue weighted by molar-refractivity contribution is 0.410. The van der Waals surface area contributed by atoms with Crippen LogP contribution in [0.1, 0.15) is 5.69 Å². The highest BCUT2D eigenvalue weighted by molar-refractivity contribution is 7.98. The second-order valence-electron chi connectivity index (χ2n) is 5.35. The van der Waals surface area contributed by atoms with Crippen LogP contribution in [0.25, 0.3) is 11.3 Å². The predicted molar refractivity (Wildman–Crippen MR) is 96.7 cm³/mol. The predicted octanol–water partition coefficient (Wildman–Crippen LogP) is 1.97. The van der Waals surface area contributed by atoms with Gasteiger partial charge in [-0.15, -0.1) is 5.10 Å². The van der Waals surface area contributed by atoms with Crippen molar-refractivity contribution < 1.29 is 4.74 Å². The first-order valence-electron chi connectivity index (χ1n) is 7.78. The van der Waals surface area contributed by atoms with E-state index in [0.29, 0.717) is 28.0 Å². The zero-order chi connectivity index (χ0) is 17.9. The molecule has 26 heavy (non-hydrogen) atoms. The maximum Gasteiger partial charge on any atom is 0.258 e. The molecule has 0 atom stereocenters. The summed E-state index contributed by atoms with van der Waals surface area (Å²) in [6.45, 7) is 0. The van der Waals surface area contributed by atoms with Gasteiger partial charge in [0.15, 0.2) is 0 Å². The third-order valence-corrected chi connectivity index (χ3v) is 4.68. The van der Waals surface area contributed by atoms with Gasteiger partial charge in [0, 0.05) is 18.0 Å². The number of methoxy groups -OCH3 is 1. The Bertz CT molecular complexity index is 1120. The number of hydrogen-bond donors (Lipinski definition) is 0. The van der Waals surface area contributed by atoms with Gasteiger partial charge in [-0.25, -0.2) is 4.98 Å². The second kappa shape index (κ2) is 6.96. The van der Waals surface area contributed by atoms with Gasteiger partial charge in [-0.1, -0.05) is 30.0 Å². The van der Waals surface area contributed by atoms with Gasteiger partial charge in [0.2, 0.25) is 5.16 Å². The van der Waals surface area contributed by atoms with Gasteiger partial charge < -0.3 is 4.74 Å². The highest BCUT2D eigenvalue weighted by Crippen LogP contribution is 2.26. The molecule has 3 heterocycles. The van der Waals surface area contributed by atoms with E-state index < -0.39 is 0 Å². The van der Waals surface area contributed by atoms with Crippen LogP contribution in [0, 0.1) is 0 Å². The lowest BCUT2D eigenvalue weighted by Gasteiger charge is -2.09. The summed E-state index contributed by atoms with van der Waals surface area (Å²) in [5, 5.41) is 12.5. The normalized spacial score (nSPS) is 11.0. The number of ether oxygens (including phenoxy) is 1. The molecule has 0 bridgehead atoms. The number of rotatable bonds is 5. The SMILES string of the molecule is COc1ccccc1-n1nnnc1SCc1cc(=O)n2ccccc2n1. The van der Waals surface area contributed by atoms with Gasteiger partial charge in [-0.05, 0) is 34.7 Å². The number of aromatic nitrogens is 6. The van der Waals surface area contributed by atoms with Crippen LogP contribution in [0.2, 0.25) is 0 Å². The minimum absolute atomic E-state index is 0.115. The van der Waals surface area contributed by atoms with Crippen LogP contribution in [-0.4, -0.2) is 36.7 Å². The van der Waals surface area contributed by atoms with Gasteiger partial charge in [-0.2, -0.15) is 4.68 Å². The zero-order valence-corrected chi connectivity index (χ0v) is 14.6. The molecular weight excluding hydrogens is 352 g/mol. The van der Waals surface area contributed by atoms with Crippen LogP contribution < -0.4 is 10.3 Å².